The average Bonchev–Trinajstić information content (AvgIpc) is 3.14. The van der Waals surface area contributed by atoms with E-state index in [1.54, 1.807) is 38.1 Å². The van der Waals surface area contributed by atoms with Gasteiger partial charge in [-0.1, -0.05) is 0 Å². The Morgan fingerprint density at radius 2 is 1.03 bits per heavy atom. The molecular weight excluding hydrogens is 456 g/mol. The van der Waals surface area contributed by atoms with Crippen molar-refractivity contribution < 1.29 is 18.0 Å². The molecule has 11 heteroatoms. The topological polar surface area (TPSA) is 98.8 Å². The van der Waals surface area contributed by atoms with Gasteiger partial charge in [-0.15, -0.1) is 0 Å². The van der Waals surface area contributed by atoms with Crippen molar-refractivity contribution in [2.75, 3.05) is 9.80 Å². The molecular formula is C20H18N4O4S3. The number of sulfone groups is 1. The Labute approximate surface area is 190 Å². The minimum atomic E-state index is -3.80. The zero-order chi connectivity index (χ0) is 22.5. The first-order valence-corrected chi connectivity index (χ1v) is 11.7. The molecule has 2 aromatic carbocycles. The van der Waals surface area contributed by atoms with Crippen LogP contribution in [0.4, 0.5) is 11.4 Å². The summed E-state index contributed by atoms with van der Waals surface area (Å²) in [7, 11) is -3.80. The summed E-state index contributed by atoms with van der Waals surface area (Å²) in [5.41, 5.74) is 0.979. The molecule has 0 spiro atoms. The van der Waals surface area contributed by atoms with Gasteiger partial charge in [-0.3, -0.25) is 19.4 Å². The molecule has 0 aliphatic carbocycles. The lowest BCUT2D eigenvalue weighted by Crippen LogP contribution is -2.30. The fraction of sp³-hybridized carbons (Fsp3) is 0.200. The number of hydrogen-bond acceptors (Lipinski definition) is 6. The number of rotatable bonds is 4. The first kappa shape index (κ1) is 21.3. The third kappa shape index (κ3) is 3.58. The number of carbonyl (C=O) groups excluding carboxylic acids is 2. The van der Waals surface area contributed by atoms with Crippen LogP contribution in [0.5, 0.6) is 0 Å². The molecule has 2 atom stereocenters. The zero-order valence-corrected chi connectivity index (χ0v) is 19.0. The molecule has 4 rings (SSSR count). The number of anilines is 2. The first-order valence-electron chi connectivity index (χ1n) is 9.35. The molecule has 2 aliphatic rings. The van der Waals surface area contributed by atoms with E-state index in [9.17, 15) is 18.0 Å². The maximum atomic E-state index is 13.0. The highest BCUT2D eigenvalue weighted by Gasteiger charge is 2.34. The monoisotopic (exact) mass is 474 g/mol. The molecule has 31 heavy (non-hydrogen) atoms. The quantitative estimate of drug-likeness (QED) is 0.647. The molecule has 0 bridgehead atoms. The van der Waals surface area contributed by atoms with Crippen molar-refractivity contribution in [3.8, 4) is 0 Å². The fourth-order valence-electron chi connectivity index (χ4n) is 3.38. The summed E-state index contributed by atoms with van der Waals surface area (Å²) in [6.45, 7) is 3.41. The molecule has 2 unspecified atom stereocenters. The second kappa shape index (κ2) is 7.66. The predicted molar refractivity (Wildman–Crippen MR) is 124 cm³/mol. The van der Waals surface area contributed by atoms with Crippen LogP contribution in [0.1, 0.15) is 13.8 Å². The smallest absolute Gasteiger partial charge is 0.255 e. The number of hydrogen-bond donors (Lipinski definition) is 2. The maximum Gasteiger partial charge on any atom is 0.255 e. The van der Waals surface area contributed by atoms with Crippen LogP contribution in [0, 0.1) is 0 Å². The van der Waals surface area contributed by atoms with Crippen LogP contribution < -0.4 is 20.4 Å². The van der Waals surface area contributed by atoms with Gasteiger partial charge in [0.05, 0.1) is 21.2 Å². The summed E-state index contributed by atoms with van der Waals surface area (Å²) in [4.78, 5) is 27.3. The Kier molecular flexibility index (Phi) is 5.28. The fourth-order valence-corrected chi connectivity index (χ4v) is 5.39. The van der Waals surface area contributed by atoms with Crippen LogP contribution in [-0.2, 0) is 19.4 Å². The molecule has 8 nitrogen and oxygen atoms in total. The van der Waals surface area contributed by atoms with Gasteiger partial charge < -0.3 is 10.6 Å². The van der Waals surface area contributed by atoms with Gasteiger partial charge in [-0.2, -0.15) is 0 Å². The van der Waals surface area contributed by atoms with E-state index in [4.69, 9.17) is 24.4 Å². The van der Waals surface area contributed by atoms with Crippen LogP contribution in [0.2, 0.25) is 0 Å². The Morgan fingerprint density at radius 3 is 1.29 bits per heavy atom. The van der Waals surface area contributed by atoms with Gasteiger partial charge in [-0.25, -0.2) is 8.42 Å². The predicted octanol–water partition coefficient (Wildman–Crippen LogP) is 1.74. The van der Waals surface area contributed by atoms with E-state index < -0.39 is 21.9 Å². The Bertz CT molecular complexity index is 1120. The highest BCUT2D eigenvalue weighted by Crippen LogP contribution is 2.28. The second-order valence-electron chi connectivity index (χ2n) is 7.18. The van der Waals surface area contributed by atoms with Gasteiger partial charge in [-0.05, 0) is 86.8 Å². The minimum Gasteiger partial charge on any atom is -0.350 e. The summed E-state index contributed by atoms with van der Waals surface area (Å²) in [6, 6.07) is 11.0. The molecule has 2 aliphatic heterocycles. The summed E-state index contributed by atoms with van der Waals surface area (Å²) >= 11 is 10.4. The van der Waals surface area contributed by atoms with Crippen LogP contribution in [-0.4, -0.2) is 42.5 Å². The van der Waals surface area contributed by atoms with Crippen LogP contribution in [0.25, 0.3) is 0 Å². The van der Waals surface area contributed by atoms with Crippen molar-refractivity contribution >= 4 is 67.7 Å². The number of carbonyl (C=O) groups is 2. The van der Waals surface area contributed by atoms with E-state index >= 15 is 0 Å². The molecule has 2 heterocycles. The lowest BCUT2D eigenvalue weighted by Gasteiger charge is -2.16. The lowest BCUT2D eigenvalue weighted by molar-refractivity contribution is -0.118. The Balaban J connectivity index is 1.59. The highest BCUT2D eigenvalue weighted by atomic mass is 32.2. The zero-order valence-electron chi connectivity index (χ0n) is 16.5. The Morgan fingerprint density at radius 1 is 0.710 bits per heavy atom. The molecule has 160 valence electrons. The van der Waals surface area contributed by atoms with Crippen molar-refractivity contribution in [2.24, 2.45) is 0 Å². The maximum absolute atomic E-state index is 13.0. The molecule has 2 saturated heterocycles. The minimum absolute atomic E-state index is 0.0747. The van der Waals surface area contributed by atoms with Crippen LogP contribution >= 0.6 is 24.4 Å². The van der Waals surface area contributed by atoms with Crippen molar-refractivity contribution in [1.82, 2.24) is 10.6 Å². The molecule has 2 aromatic rings. The molecule has 0 radical (unpaired) electrons. The summed E-state index contributed by atoms with van der Waals surface area (Å²) in [6.07, 6.45) is 0. The van der Waals surface area contributed by atoms with Gasteiger partial charge >= 0.3 is 0 Å². The number of nitrogens with zero attached hydrogens (tertiary/aromatic N) is 2. The Hall–Kier alpha value is -2.89. The van der Waals surface area contributed by atoms with Crippen molar-refractivity contribution in [2.45, 2.75) is 35.7 Å². The normalized spacial score (nSPS) is 21.5. The van der Waals surface area contributed by atoms with E-state index in [1.807, 2.05) is 0 Å². The molecule has 0 aromatic heterocycles. The number of benzene rings is 2. The van der Waals surface area contributed by atoms with Gasteiger partial charge in [0.25, 0.3) is 11.8 Å². The van der Waals surface area contributed by atoms with Gasteiger partial charge in [0, 0.05) is 0 Å². The van der Waals surface area contributed by atoms with Gasteiger partial charge in [0.1, 0.15) is 12.1 Å². The van der Waals surface area contributed by atoms with E-state index in [0.29, 0.717) is 11.4 Å². The molecule has 2 amide bonds. The van der Waals surface area contributed by atoms with Gasteiger partial charge in [0.15, 0.2) is 10.2 Å². The summed E-state index contributed by atoms with van der Waals surface area (Å²) in [5, 5.41) is 6.30. The number of amides is 2. The van der Waals surface area contributed by atoms with E-state index in [0.717, 1.165) is 0 Å². The van der Waals surface area contributed by atoms with Crippen molar-refractivity contribution in [3.05, 3.63) is 48.5 Å². The first-order chi connectivity index (χ1) is 14.6. The molecule has 2 fully saturated rings. The number of thiocarbonyl (C=S) groups is 2. The highest BCUT2D eigenvalue weighted by molar-refractivity contribution is 7.91. The van der Waals surface area contributed by atoms with Crippen molar-refractivity contribution in [3.63, 3.8) is 0 Å². The van der Waals surface area contributed by atoms with Gasteiger partial charge in [0.2, 0.25) is 9.84 Å². The SMILES string of the molecule is CC1NC(=S)N(c2ccc(S(=O)(=O)c3ccc(N4C(=O)C(C)NC4=S)cc3)cc2)C1=O. The molecule has 2 N–H and O–H groups in total. The standard InChI is InChI=1S/C20H18N4O4S3/c1-11-17(25)23(19(29)21-11)13-3-7-15(8-4-13)31(27,28)16-9-5-14(6-10-16)24-18(26)12(2)22-20(24)30/h3-12H,1-2H3,(H,21,29)(H,22,30). The second-order valence-corrected chi connectivity index (χ2v) is 9.90. The number of nitrogens with one attached hydrogen (secondary N) is 2. The lowest BCUT2D eigenvalue weighted by atomic mass is 10.2. The average molecular weight is 475 g/mol. The summed E-state index contributed by atoms with van der Waals surface area (Å²) < 4.78 is 26.0. The van der Waals surface area contributed by atoms with E-state index in [-0.39, 0.29) is 31.8 Å². The van der Waals surface area contributed by atoms with E-state index in [2.05, 4.69) is 10.6 Å². The van der Waals surface area contributed by atoms with E-state index in [1.165, 1.54) is 34.1 Å². The summed E-state index contributed by atoms with van der Waals surface area (Å²) in [5.74, 6) is -0.399. The van der Waals surface area contributed by atoms with Crippen molar-refractivity contribution in [1.29, 1.82) is 0 Å². The largest absolute Gasteiger partial charge is 0.350 e. The van der Waals surface area contributed by atoms with Crippen LogP contribution in [0.15, 0.2) is 58.3 Å². The molecule has 0 saturated carbocycles. The third-order valence-corrected chi connectivity index (χ3v) is 7.46. The third-order valence-electron chi connectivity index (χ3n) is 5.08. The van der Waals surface area contributed by atoms with Crippen LogP contribution in [0.3, 0.4) is 0 Å².